The molecule has 1 aromatic heterocycles. The summed E-state index contributed by atoms with van der Waals surface area (Å²) in [5, 5.41) is 11.8. The van der Waals surface area contributed by atoms with Crippen LogP contribution in [0.1, 0.15) is 16.8 Å². The maximum absolute atomic E-state index is 11.0. The second-order valence-electron chi connectivity index (χ2n) is 4.02. The Balaban J connectivity index is 3.04. The third-order valence-electron chi connectivity index (χ3n) is 2.93. The number of nitro groups is 1. The van der Waals surface area contributed by atoms with Crippen molar-refractivity contribution in [1.82, 2.24) is 4.98 Å². The van der Waals surface area contributed by atoms with Crippen LogP contribution in [0.15, 0.2) is 12.1 Å². The first-order valence-electron chi connectivity index (χ1n) is 5.14. The predicted molar refractivity (Wildman–Crippen MR) is 67.6 cm³/mol. The van der Waals surface area contributed by atoms with Crippen LogP contribution in [0.25, 0.3) is 10.9 Å². The fraction of sp³-hybridized carbons (Fsp3) is 0.250. The van der Waals surface area contributed by atoms with Crippen molar-refractivity contribution in [3.8, 4) is 0 Å². The Morgan fingerprint density at radius 2 is 1.94 bits per heavy atom. The fourth-order valence-electron chi connectivity index (χ4n) is 1.80. The van der Waals surface area contributed by atoms with Crippen LogP contribution >= 0.6 is 11.6 Å². The lowest BCUT2D eigenvalue weighted by molar-refractivity contribution is -0.383. The third-order valence-corrected chi connectivity index (χ3v) is 3.40. The third kappa shape index (κ3) is 1.74. The topological polar surface area (TPSA) is 56.0 Å². The molecule has 0 spiro atoms. The van der Waals surface area contributed by atoms with Crippen molar-refractivity contribution in [1.29, 1.82) is 0 Å². The van der Waals surface area contributed by atoms with Crippen LogP contribution < -0.4 is 0 Å². The predicted octanol–water partition coefficient (Wildman–Crippen LogP) is 3.72. The second kappa shape index (κ2) is 3.96. The minimum Gasteiger partial charge on any atom is -0.258 e. The highest BCUT2D eigenvalue weighted by atomic mass is 35.5. The van der Waals surface area contributed by atoms with Gasteiger partial charge in [0, 0.05) is 11.8 Å². The van der Waals surface area contributed by atoms with Gasteiger partial charge in [0.05, 0.1) is 20.8 Å². The van der Waals surface area contributed by atoms with E-state index in [0.29, 0.717) is 15.9 Å². The molecule has 2 rings (SSSR count). The Kier molecular flexibility index (Phi) is 2.75. The zero-order chi connectivity index (χ0) is 12.7. The first-order valence-corrected chi connectivity index (χ1v) is 5.51. The molecule has 0 atom stereocenters. The molecular formula is C12H11ClN2O2. The normalized spacial score (nSPS) is 10.8. The fourth-order valence-corrected chi connectivity index (χ4v) is 2.12. The maximum atomic E-state index is 11.0. The van der Waals surface area contributed by atoms with Gasteiger partial charge < -0.3 is 0 Å². The van der Waals surface area contributed by atoms with E-state index in [1.807, 2.05) is 20.8 Å². The zero-order valence-electron chi connectivity index (χ0n) is 9.74. The van der Waals surface area contributed by atoms with Gasteiger partial charge in [-0.15, -0.1) is 0 Å². The van der Waals surface area contributed by atoms with Gasteiger partial charge in [-0.05, 0) is 31.9 Å². The van der Waals surface area contributed by atoms with E-state index < -0.39 is 4.92 Å². The van der Waals surface area contributed by atoms with Crippen molar-refractivity contribution in [3.63, 3.8) is 0 Å². The average Bonchev–Trinajstić information content (AvgIpc) is 2.27. The molecule has 0 fully saturated rings. The summed E-state index contributed by atoms with van der Waals surface area (Å²) in [6.45, 7) is 5.53. The quantitative estimate of drug-likeness (QED) is 0.572. The first-order chi connectivity index (χ1) is 7.93. The summed E-state index contributed by atoms with van der Waals surface area (Å²) in [7, 11) is 0. The summed E-state index contributed by atoms with van der Waals surface area (Å²) in [6, 6.07) is 3.17. The molecule has 0 bridgehead atoms. The summed E-state index contributed by atoms with van der Waals surface area (Å²) in [5.74, 6) is 0. The summed E-state index contributed by atoms with van der Waals surface area (Å²) < 4.78 is 0. The minimum atomic E-state index is -0.426. The summed E-state index contributed by atoms with van der Waals surface area (Å²) in [5.41, 5.74) is 3.08. The van der Waals surface area contributed by atoms with Gasteiger partial charge in [0.2, 0.25) is 0 Å². The lowest BCUT2D eigenvalue weighted by atomic mass is 10.1. The van der Waals surface area contributed by atoms with Crippen LogP contribution in [-0.4, -0.2) is 9.91 Å². The number of pyridine rings is 1. The van der Waals surface area contributed by atoms with Crippen LogP contribution in [-0.2, 0) is 0 Å². The highest BCUT2D eigenvalue weighted by Crippen LogP contribution is 2.35. The van der Waals surface area contributed by atoms with E-state index in [9.17, 15) is 10.1 Å². The van der Waals surface area contributed by atoms with Crippen LogP contribution in [0.5, 0.6) is 0 Å². The van der Waals surface area contributed by atoms with E-state index in [-0.39, 0.29) is 5.69 Å². The van der Waals surface area contributed by atoms with E-state index in [1.54, 1.807) is 6.07 Å². The molecule has 0 unspecified atom stereocenters. The Morgan fingerprint density at radius 1 is 1.29 bits per heavy atom. The molecule has 1 aromatic carbocycles. The standard InChI is InChI=1S/C12H11ClN2O2/c1-6-4-5-9(15(16)17)10-11(13)7(2)8(3)14-12(6)10/h4-5H,1-3H3. The lowest BCUT2D eigenvalue weighted by Crippen LogP contribution is -1.97. The molecule has 0 saturated heterocycles. The number of hydrogen-bond acceptors (Lipinski definition) is 3. The van der Waals surface area contributed by atoms with Gasteiger partial charge in [-0.2, -0.15) is 0 Å². The van der Waals surface area contributed by atoms with Gasteiger partial charge in [-0.3, -0.25) is 15.1 Å². The molecule has 5 heteroatoms. The SMILES string of the molecule is Cc1nc2c(C)ccc([N+](=O)[O-])c2c(Cl)c1C. The number of aromatic nitrogens is 1. The number of benzene rings is 1. The van der Waals surface area contributed by atoms with Gasteiger partial charge in [0.1, 0.15) is 0 Å². The van der Waals surface area contributed by atoms with E-state index in [1.165, 1.54) is 6.07 Å². The molecule has 17 heavy (non-hydrogen) atoms. The Hall–Kier alpha value is -1.68. The Bertz CT molecular complexity index is 638. The van der Waals surface area contributed by atoms with Crippen molar-refractivity contribution in [3.05, 3.63) is 44.1 Å². The highest BCUT2D eigenvalue weighted by Gasteiger charge is 2.19. The molecule has 0 amide bonds. The molecular weight excluding hydrogens is 240 g/mol. The molecule has 0 aliphatic rings. The van der Waals surface area contributed by atoms with Crippen LogP contribution in [0.4, 0.5) is 5.69 Å². The number of halogens is 1. The van der Waals surface area contributed by atoms with E-state index in [0.717, 1.165) is 16.8 Å². The molecule has 0 saturated carbocycles. The van der Waals surface area contributed by atoms with Crippen LogP contribution in [0.3, 0.4) is 0 Å². The van der Waals surface area contributed by atoms with Crippen molar-refractivity contribution in [2.24, 2.45) is 0 Å². The number of aryl methyl sites for hydroxylation is 2. The highest BCUT2D eigenvalue weighted by molar-refractivity contribution is 6.37. The monoisotopic (exact) mass is 250 g/mol. The van der Waals surface area contributed by atoms with Crippen molar-refractivity contribution < 1.29 is 4.92 Å². The first kappa shape index (κ1) is 11.8. The molecule has 0 aliphatic carbocycles. The van der Waals surface area contributed by atoms with Gasteiger partial charge in [0.15, 0.2) is 0 Å². The average molecular weight is 251 g/mol. The number of fused-ring (bicyclic) bond motifs is 1. The summed E-state index contributed by atoms with van der Waals surface area (Å²) in [6.07, 6.45) is 0. The van der Waals surface area contributed by atoms with Crippen LogP contribution in [0, 0.1) is 30.9 Å². The largest absolute Gasteiger partial charge is 0.280 e. The van der Waals surface area contributed by atoms with Crippen molar-refractivity contribution in [2.75, 3.05) is 0 Å². The smallest absolute Gasteiger partial charge is 0.258 e. The molecule has 88 valence electrons. The summed E-state index contributed by atoms with van der Waals surface area (Å²) in [4.78, 5) is 15.0. The Labute approximate surface area is 103 Å². The number of non-ortho nitro benzene ring substituents is 1. The molecule has 0 aliphatic heterocycles. The molecule has 1 heterocycles. The van der Waals surface area contributed by atoms with Gasteiger partial charge in [0.25, 0.3) is 5.69 Å². The number of nitrogens with zero attached hydrogens (tertiary/aromatic N) is 2. The van der Waals surface area contributed by atoms with E-state index in [4.69, 9.17) is 11.6 Å². The molecule has 0 N–H and O–H groups in total. The van der Waals surface area contributed by atoms with Gasteiger partial charge >= 0.3 is 0 Å². The molecule has 0 radical (unpaired) electrons. The lowest BCUT2D eigenvalue weighted by Gasteiger charge is -2.09. The van der Waals surface area contributed by atoms with Gasteiger partial charge in [-0.25, -0.2) is 0 Å². The Morgan fingerprint density at radius 3 is 2.53 bits per heavy atom. The summed E-state index contributed by atoms with van der Waals surface area (Å²) >= 11 is 6.21. The minimum absolute atomic E-state index is 0.00574. The molecule has 2 aromatic rings. The number of rotatable bonds is 1. The van der Waals surface area contributed by atoms with Crippen molar-refractivity contribution in [2.45, 2.75) is 20.8 Å². The number of hydrogen-bond donors (Lipinski definition) is 0. The molecule has 4 nitrogen and oxygen atoms in total. The van der Waals surface area contributed by atoms with Gasteiger partial charge in [-0.1, -0.05) is 17.7 Å². The van der Waals surface area contributed by atoms with Crippen molar-refractivity contribution >= 4 is 28.2 Å². The van der Waals surface area contributed by atoms with E-state index >= 15 is 0 Å². The van der Waals surface area contributed by atoms with Crippen LogP contribution in [0.2, 0.25) is 5.02 Å². The second-order valence-corrected chi connectivity index (χ2v) is 4.40. The zero-order valence-corrected chi connectivity index (χ0v) is 10.5. The van der Waals surface area contributed by atoms with E-state index in [2.05, 4.69) is 4.98 Å². The maximum Gasteiger partial charge on any atom is 0.280 e. The number of nitro benzene ring substituents is 1.